The van der Waals surface area contributed by atoms with Crippen LogP contribution in [0.4, 0.5) is 5.69 Å². The highest BCUT2D eigenvalue weighted by molar-refractivity contribution is 5.96. The van der Waals surface area contributed by atoms with Gasteiger partial charge in [0.25, 0.3) is 0 Å². The van der Waals surface area contributed by atoms with E-state index in [2.05, 4.69) is 32.0 Å². The number of rotatable bonds is 1. The van der Waals surface area contributed by atoms with Crippen molar-refractivity contribution in [3.05, 3.63) is 29.3 Å². The van der Waals surface area contributed by atoms with E-state index in [9.17, 15) is 4.79 Å². The van der Waals surface area contributed by atoms with Gasteiger partial charge in [-0.25, -0.2) is 0 Å². The predicted octanol–water partition coefficient (Wildman–Crippen LogP) is 2.43. The zero-order valence-corrected chi connectivity index (χ0v) is 8.71. The van der Waals surface area contributed by atoms with Gasteiger partial charge in [-0.05, 0) is 37.5 Å². The number of benzene rings is 1. The molecular weight excluding hydrogens is 174 g/mol. The first-order valence-corrected chi connectivity index (χ1v) is 5.06. The molecule has 1 aromatic carbocycles. The topological polar surface area (TPSA) is 20.3 Å². The quantitative estimate of drug-likeness (QED) is 0.664. The van der Waals surface area contributed by atoms with E-state index in [1.54, 1.807) is 0 Å². The molecule has 2 nitrogen and oxygen atoms in total. The van der Waals surface area contributed by atoms with Crippen molar-refractivity contribution >= 4 is 11.6 Å². The van der Waals surface area contributed by atoms with E-state index in [1.807, 2.05) is 4.90 Å². The van der Waals surface area contributed by atoms with Gasteiger partial charge in [-0.2, -0.15) is 0 Å². The SMILES string of the molecule is Cc1ccc(C)c(N2CCCC2=O)c1. The fourth-order valence-electron chi connectivity index (χ4n) is 1.91. The van der Waals surface area contributed by atoms with Crippen LogP contribution in [-0.2, 0) is 4.79 Å². The zero-order chi connectivity index (χ0) is 10.1. The van der Waals surface area contributed by atoms with E-state index in [0.717, 1.165) is 18.7 Å². The van der Waals surface area contributed by atoms with E-state index < -0.39 is 0 Å². The van der Waals surface area contributed by atoms with Gasteiger partial charge in [-0.3, -0.25) is 4.79 Å². The molecule has 1 fully saturated rings. The fraction of sp³-hybridized carbons (Fsp3) is 0.417. The highest BCUT2D eigenvalue weighted by Gasteiger charge is 2.22. The average molecular weight is 189 g/mol. The van der Waals surface area contributed by atoms with Crippen molar-refractivity contribution in [2.24, 2.45) is 0 Å². The number of aryl methyl sites for hydroxylation is 2. The molecule has 0 N–H and O–H groups in total. The maximum atomic E-state index is 11.6. The minimum absolute atomic E-state index is 0.263. The van der Waals surface area contributed by atoms with Gasteiger partial charge in [0.2, 0.25) is 5.91 Å². The molecule has 1 amide bonds. The van der Waals surface area contributed by atoms with Crippen molar-refractivity contribution in [1.29, 1.82) is 0 Å². The third-order valence-electron chi connectivity index (χ3n) is 2.73. The van der Waals surface area contributed by atoms with Crippen LogP contribution >= 0.6 is 0 Å². The van der Waals surface area contributed by atoms with E-state index >= 15 is 0 Å². The normalized spacial score (nSPS) is 16.4. The van der Waals surface area contributed by atoms with Crippen molar-refractivity contribution in [1.82, 2.24) is 0 Å². The van der Waals surface area contributed by atoms with Crippen LogP contribution in [0.2, 0.25) is 0 Å². The first-order valence-electron chi connectivity index (χ1n) is 5.06. The van der Waals surface area contributed by atoms with Crippen LogP contribution in [0.15, 0.2) is 18.2 Å². The van der Waals surface area contributed by atoms with Crippen molar-refractivity contribution in [2.45, 2.75) is 26.7 Å². The summed E-state index contributed by atoms with van der Waals surface area (Å²) < 4.78 is 0. The maximum Gasteiger partial charge on any atom is 0.227 e. The Morgan fingerprint density at radius 1 is 1.29 bits per heavy atom. The molecule has 1 saturated heterocycles. The first-order chi connectivity index (χ1) is 6.68. The molecule has 1 aliphatic rings. The second-order valence-electron chi connectivity index (χ2n) is 3.94. The molecule has 1 aliphatic heterocycles. The van der Waals surface area contributed by atoms with Gasteiger partial charge in [0.15, 0.2) is 0 Å². The van der Waals surface area contributed by atoms with E-state index in [4.69, 9.17) is 0 Å². The number of anilines is 1. The maximum absolute atomic E-state index is 11.6. The molecule has 2 heteroatoms. The van der Waals surface area contributed by atoms with Crippen LogP contribution in [-0.4, -0.2) is 12.5 Å². The molecule has 14 heavy (non-hydrogen) atoms. The van der Waals surface area contributed by atoms with E-state index in [1.165, 1.54) is 11.1 Å². The molecular formula is C12H15NO. The number of hydrogen-bond acceptors (Lipinski definition) is 1. The highest BCUT2D eigenvalue weighted by atomic mass is 16.2. The molecule has 0 bridgehead atoms. The monoisotopic (exact) mass is 189 g/mol. The van der Waals surface area contributed by atoms with Crippen molar-refractivity contribution in [2.75, 3.05) is 11.4 Å². The van der Waals surface area contributed by atoms with Crippen LogP contribution in [0.3, 0.4) is 0 Å². The van der Waals surface area contributed by atoms with Crippen LogP contribution in [0.5, 0.6) is 0 Å². The summed E-state index contributed by atoms with van der Waals surface area (Å²) >= 11 is 0. The molecule has 0 unspecified atom stereocenters. The van der Waals surface area contributed by atoms with Crippen molar-refractivity contribution < 1.29 is 4.79 Å². The third kappa shape index (κ3) is 1.52. The summed E-state index contributed by atoms with van der Waals surface area (Å²) in [5.41, 5.74) is 3.49. The largest absolute Gasteiger partial charge is 0.312 e. The van der Waals surface area contributed by atoms with E-state index in [-0.39, 0.29) is 5.91 Å². The lowest BCUT2D eigenvalue weighted by molar-refractivity contribution is -0.117. The Balaban J connectivity index is 2.39. The average Bonchev–Trinajstić information content (AvgIpc) is 2.56. The molecule has 2 rings (SSSR count). The Hall–Kier alpha value is -1.31. The summed E-state index contributed by atoms with van der Waals surface area (Å²) in [6, 6.07) is 6.26. The van der Waals surface area contributed by atoms with Gasteiger partial charge in [0.1, 0.15) is 0 Å². The number of hydrogen-bond donors (Lipinski definition) is 0. The van der Waals surface area contributed by atoms with Crippen LogP contribution in [0, 0.1) is 13.8 Å². The Bertz CT molecular complexity index is 371. The third-order valence-corrected chi connectivity index (χ3v) is 2.73. The molecule has 74 valence electrons. The first kappa shape index (κ1) is 9.25. The van der Waals surface area contributed by atoms with Gasteiger partial charge >= 0.3 is 0 Å². The summed E-state index contributed by atoms with van der Waals surface area (Å²) in [6.07, 6.45) is 1.69. The number of carbonyl (C=O) groups excluding carboxylic acids is 1. The minimum atomic E-state index is 0.263. The zero-order valence-electron chi connectivity index (χ0n) is 8.71. The highest BCUT2D eigenvalue weighted by Crippen LogP contribution is 2.25. The molecule has 0 saturated carbocycles. The van der Waals surface area contributed by atoms with Crippen LogP contribution in [0.1, 0.15) is 24.0 Å². The number of carbonyl (C=O) groups is 1. The molecule has 0 spiro atoms. The molecule has 1 heterocycles. The van der Waals surface area contributed by atoms with Gasteiger partial charge in [-0.15, -0.1) is 0 Å². The summed E-state index contributed by atoms with van der Waals surface area (Å²) in [6.45, 7) is 4.99. The summed E-state index contributed by atoms with van der Waals surface area (Å²) in [4.78, 5) is 13.5. The summed E-state index contributed by atoms with van der Waals surface area (Å²) in [7, 11) is 0. The minimum Gasteiger partial charge on any atom is -0.312 e. The molecule has 1 aromatic rings. The molecule has 0 atom stereocenters. The smallest absolute Gasteiger partial charge is 0.227 e. The molecule has 0 radical (unpaired) electrons. The summed E-state index contributed by atoms with van der Waals surface area (Å²) in [5.74, 6) is 0.263. The second kappa shape index (κ2) is 3.45. The lowest BCUT2D eigenvalue weighted by atomic mass is 10.1. The van der Waals surface area contributed by atoms with Crippen molar-refractivity contribution in [3.8, 4) is 0 Å². The summed E-state index contributed by atoms with van der Waals surface area (Å²) in [5, 5.41) is 0. The van der Waals surface area contributed by atoms with Gasteiger partial charge in [-0.1, -0.05) is 12.1 Å². The standard InChI is InChI=1S/C12H15NO/c1-9-5-6-10(2)11(8-9)13-7-3-4-12(13)14/h5-6,8H,3-4,7H2,1-2H3. The van der Waals surface area contributed by atoms with Gasteiger partial charge < -0.3 is 4.90 Å². The van der Waals surface area contributed by atoms with Gasteiger partial charge in [0.05, 0.1) is 0 Å². The van der Waals surface area contributed by atoms with Crippen LogP contribution < -0.4 is 4.90 Å². The van der Waals surface area contributed by atoms with Crippen molar-refractivity contribution in [3.63, 3.8) is 0 Å². The number of amides is 1. The Labute approximate surface area is 84.5 Å². The second-order valence-corrected chi connectivity index (χ2v) is 3.94. The van der Waals surface area contributed by atoms with Crippen LogP contribution in [0.25, 0.3) is 0 Å². The Morgan fingerprint density at radius 3 is 2.71 bits per heavy atom. The molecule has 0 aliphatic carbocycles. The lowest BCUT2D eigenvalue weighted by Gasteiger charge is -2.18. The fourth-order valence-corrected chi connectivity index (χ4v) is 1.91. The van der Waals surface area contributed by atoms with Gasteiger partial charge in [0, 0.05) is 18.7 Å². The Kier molecular flexibility index (Phi) is 2.28. The number of nitrogens with zero attached hydrogens (tertiary/aromatic N) is 1. The molecule has 0 aromatic heterocycles. The lowest BCUT2D eigenvalue weighted by Crippen LogP contribution is -2.24. The van der Waals surface area contributed by atoms with E-state index in [0.29, 0.717) is 6.42 Å². The predicted molar refractivity (Wildman–Crippen MR) is 57.5 cm³/mol. The Morgan fingerprint density at radius 2 is 2.07 bits per heavy atom.